The Labute approximate surface area is 167 Å². The van der Waals surface area contributed by atoms with E-state index in [-0.39, 0.29) is 0 Å². The van der Waals surface area contributed by atoms with E-state index in [9.17, 15) is 9.90 Å². The van der Waals surface area contributed by atoms with Gasteiger partial charge in [-0.3, -0.25) is 0 Å². The van der Waals surface area contributed by atoms with Crippen LogP contribution in [0.3, 0.4) is 0 Å². The van der Waals surface area contributed by atoms with Crippen molar-refractivity contribution in [3.8, 4) is 5.75 Å². The molecule has 0 aromatic heterocycles. The Kier molecular flexibility index (Phi) is 9.20. The second-order valence-electron chi connectivity index (χ2n) is 6.92. The van der Waals surface area contributed by atoms with E-state index >= 15 is 0 Å². The molecule has 0 amide bonds. The molecule has 0 spiro atoms. The van der Waals surface area contributed by atoms with Crippen LogP contribution in [0.25, 0.3) is 0 Å². The molecule has 0 aliphatic heterocycles. The standard InChI is InChI=1S/C23H29ClO3/c1-2-3-7-18-12-16-21(17-13-18)27-22(23(25)26)9-6-4-5-8-19-10-14-20(24)15-11-19/h10-17,22H,2-9H2,1H3,(H,25,26). The summed E-state index contributed by atoms with van der Waals surface area (Å²) in [4.78, 5) is 11.5. The van der Waals surface area contributed by atoms with Gasteiger partial charge in [-0.15, -0.1) is 0 Å². The molecule has 0 bridgehead atoms. The second kappa shape index (κ2) is 11.7. The van der Waals surface area contributed by atoms with Gasteiger partial charge in [-0.25, -0.2) is 4.79 Å². The number of aliphatic carboxylic acids is 1. The first kappa shape index (κ1) is 21.3. The number of hydrogen-bond donors (Lipinski definition) is 1. The Balaban J connectivity index is 1.73. The molecule has 1 unspecified atom stereocenters. The Morgan fingerprint density at radius 1 is 0.926 bits per heavy atom. The zero-order chi connectivity index (χ0) is 19.5. The maximum absolute atomic E-state index is 11.5. The maximum Gasteiger partial charge on any atom is 0.344 e. The minimum absolute atomic E-state index is 0.521. The highest BCUT2D eigenvalue weighted by Gasteiger charge is 2.18. The number of halogens is 1. The van der Waals surface area contributed by atoms with Crippen LogP contribution in [0.1, 0.15) is 56.6 Å². The molecular formula is C23H29ClO3. The highest BCUT2D eigenvalue weighted by Crippen LogP contribution is 2.18. The summed E-state index contributed by atoms with van der Waals surface area (Å²) in [6.07, 6.45) is 6.92. The molecule has 2 aromatic rings. The van der Waals surface area contributed by atoms with Crippen molar-refractivity contribution in [2.24, 2.45) is 0 Å². The highest BCUT2D eigenvalue weighted by atomic mass is 35.5. The van der Waals surface area contributed by atoms with Crippen molar-refractivity contribution in [1.29, 1.82) is 0 Å². The van der Waals surface area contributed by atoms with Gasteiger partial charge in [0.2, 0.25) is 0 Å². The molecule has 0 heterocycles. The number of carbonyl (C=O) groups is 1. The Bertz CT molecular complexity index is 680. The van der Waals surface area contributed by atoms with Crippen molar-refractivity contribution in [3.05, 3.63) is 64.7 Å². The molecule has 27 heavy (non-hydrogen) atoms. The zero-order valence-electron chi connectivity index (χ0n) is 16.0. The van der Waals surface area contributed by atoms with Crippen molar-refractivity contribution in [2.75, 3.05) is 0 Å². The molecule has 3 nitrogen and oxygen atoms in total. The van der Waals surface area contributed by atoms with Gasteiger partial charge < -0.3 is 9.84 Å². The van der Waals surface area contributed by atoms with Crippen molar-refractivity contribution in [3.63, 3.8) is 0 Å². The van der Waals surface area contributed by atoms with Gasteiger partial charge in [0.05, 0.1) is 0 Å². The fourth-order valence-corrected chi connectivity index (χ4v) is 3.13. The van der Waals surface area contributed by atoms with E-state index in [1.807, 2.05) is 48.5 Å². The Hall–Kier alpha value is -2.00. The molecule has 0 radical (unpaired) electrons. The van der Waals surface area contributed by atoms with Gasteiger partial charge in [-0.2, -0.15) is 0 Å². The van der Waals surface area contributed by atoms with Gasteiger partial charge in [-0.1, -0.05) is 55.6 Å². The van der Waals surface area contributed by atoms with Gasteiger partial charge in [0, 0.05) is 5.02 Å². The summed E-state index contributed by atoms with van der Waals surface area (Å²) in [5.74, 6) is -0.272. The van der Waals surface area contributed by atoms with Gasteiger partial charge >= 0.3 is 5.97 Å². The number of carboxylic acid groups (broad SMARTS) is 1. The van der Waals surface area contributed by atoms with Crippen LogP contribution in [0.5, 0.6) is 5.75 Å². The highest BCUT2D eigenvalue weighted by molar-refractivity contribution is 6.30. The van der Waals surface area contributed by atoms with E-state index in [4.69, 9.17) is 16.3 Å². The largest absolute Gasteiger partial charge is 0.479 e. The van der Waals surface area contributed by atoms with Crippen LogP contribution in [-0.4, -0.2) is 17.2 Å². The van der Waals surface area contributed by atoms with E-state index < -0.39 is 12.1 Å². The summed E-state index contributed by atoms with van der Waals surface area (Å²) in [5.41, 5.74) is 2.52. The van der Waals surface area contributed by atoms with Crippen molar-refractivity contribution >= 4 is 17.6 Å². The number of rotatable bonds is 12. The molecule has 2 aromatic carbocycles. The van der Waals surface area contributed by atoms with Crippen molar-refractivity contribution < 1.29 is 14.6 Å². The minimum atomic E-state index is -0.900. The first-order chi connectivity index (χ1) is 13.1. The SMILES string of the molecule is CCCCc1ccc(OC(CCCCCc2ccc(Cl)cc2)C(=O)O)cc1. The van der Waals surface area contributed by atoms with Crippen LogP contribution in [0.2, 0.25) is 5.02 Å². The minimum Gasteiger partial charge on any atom is -0.479 e. The number of carboxylic acids is 1. The molecular weight excluding hydrogens is 360 g/mol. The lowest BCUT2D eigenvalue weighted by atomic mass is 10.0. The molecule has 146 valence electrons. The third-order valence-electron chi connectivity index (χ3n) is 4.64. The monoisotopic (exact) mass is 388 g/mol. The van der Waals surface area contributed by atoms with Crippen LogP contribution in [0, 0.1) is 0 Å². The maximum atomic E-state index is 11.5. The summed E-state index contributed by atoms with van der Waals surface area (Å²) in [6.45, 7) is 2.17. The molecule has 0 saturated carbocycles. The molecule has 0 aliphatic rings. The van der Waals surface area contributed by atoms with E-state index in [1.165, 1.54) is 11.1 Å². The van der Waals surface area contributed by atoms with Gasteiger partial charge in [0.15, 0.2) is 6.10 Å². The van der Waals surface area contributed by atoms with Gasteiger partial charge in [0.25, 0.3) is 0 Å². The Morgan fingerprint density at radius 2 is 1.52 bits per heavy atom. The van der Waals surface area contributed by atoms with Crippen LogP contribution >= 0.6 is 11.6 Å². The molecule has 0 aliphatic carbocycles. The van der Waals surface area contributed by atoms with E-state index in [0.29, 0.717) is 12.2 Å². The number of ether oxygens (including phenoxy) is 1. The number of aryl methyl sites for hydroxylation is 2. The lowest BCUT2D eigenvalue weighted by molar-refractivity contribution is -0.145. The predicted octanol–water partition coefficient (Wildman–Crippen LogP) is 6.32. The average Bonchev–Trinajstić information content (AvgIpc) is 2.67. The topological polar surface area (TPSA) is 46.5 Å². The third kappa shape index (κ3) is 8.04. The van der Waals surface area contributed by atoms with Crippen LogP contribution in [-0.2, 0) is 17.6 Å². The summed E-state index contributed by atoms with van der Waals surface area (Å²) >= 11 is 5.89. The number of unbranched alkanes of at least 4 members (excludes halogenated alkanes) is 3. The summed E-state index contributed by atoms with van der Waals surface area (Å²) < 4.78 is 5.70. The van der Waals surface area contributed by atoms with Crippen LogP contribution < -0.4 is 4.74 Å². The van der Waals surface area contributed by atoms with Gasteiger partial charge in [-0.05, 0) is 73.9 Å². The fraction of sp³-hybridized carbons (Fsp3) is 0.435. The summed E-state index contributed by atoms with van der Waals surface area (Å²) in [7, 11) is 0. The third-order valence-corrected chi connectivity index (χ3v) is 4.89. The quantitative estimate of drug-likeness (QED) is 0.433. The zero-order valence-corrected chi connectivity index (χ0v) is 16.8. The van der Waals surface area contributed by atoms with Crippen LogP contribution in [0.4, 0.5) is 0 Å². The number of hydrogen-bond acceptors (Lipinski definition) is 2. The molecule has 0 fully saturated rings. The summed E-state index contributed by atoms with van der Waals surface area (Å²) in [5, 5.41) is 10.2. The smallest absolute Gasteiger partial charge is 0.344 e. The summed E-state index contributed by atoms with van der Waals surface area (Å²) in [6, 6.07) is 15.7. The first-order valence-corrected chi connectivity index (χ1v) is 10.2. The predicted molar refractivity (Wildman–Crippen MR) is 111 cm³/mol. The van der Waals surface area contributed by atoms with E-state index in [2.05, 4.69) is 6.92 Å². The molecule has 2 rings (SSSR count). The molecule has 4 heteroatoms. The fourth-order valence-electron chi connectivity index (χ4n) is 3.00. The molecule has 0 saturated heterocycles. The average molecular weight is 389 g/mol. The van der Waals surface area contributed by atoms with E-state index in [0.717, 1.165) is 50.0 Å². The Morgan fingerprint density at radius 3 is 2.11 bits per heavy atom. The van der Waals surface area contributed by atoms with Crippen LogP contribution in [0.15, 0.2) is 48.5 Å². The van der Waals surface area contributed by atoms with Gasteiger partial charge in [0.1, 0.15) is 5.75 Å². The molecule has 1 atom stereocenters. The van der Waals surface area contributed by atoms with Crippen molar-refractivity contribution in [2.45, 2.75) is 64.4 Å². The lowest BCUT2D eigenvalue weighted by Crippen LogP contribution is -2.26. The number of benzene rings is 2. The second-order valence-corrected chi connectivity index (χ2v) is 7.35. The first-order valence-electron chi connectivity index (χ1n) is 9.81. The van der Waals surface area contributed by atoms with Crippen molar-refractivity contribution in [1.82, 2.24) is 0 Å². The normalized spacial score (nSPS) is 11.9. The lowest BCUT2D eigenvalue weighted by Gasteiger charge is -2.15. The van der Waals surface area contributed by atoms with E-state index in [1.54, 1.807) is 0 Å². The molecule has 1 N–H and O–H groups in total.